The minimum Gasteiger partial charge on any atom is -0.481 e. The van der Waals surface area contributed by atoms with Crippen molar-refractivity contribution in [2.45, 2.75) is 92.7 Å². The number of hydrogen-bond donors (Lipinski definition) is 9. The van der Waals surface area contributed by atoms with Crippen molar-refractivity contribution in [2.75, 3.05) is 23.7 Å². The van der Waals surface area contributed by atoms with Gasteiger partial charge in [0.05, 0.1) is 52.6 Å². The van der Waals surface area contributed by atoms with Crippen LogP contribution in [0.1, 0.15) is 61.3 Å². The standard InChI is InChI=1S/C44H50N6O14S2/c1-17-31(29(19(3)51)43(61)62)48-32(35(17)65-25-13-27(45-15-25)37(53)46-23-9-5-7-21(11-23)41(57)58)40(56)49-16-26(14-28(49)38(54)47-24-10-6-8-22(12-24)42(59)60)66-36-18(2)33-30(20(4)52)39(55)50(33)34(36)44(63)64/h5-12,17-20,25-31,33,35,45,51-52H,13-16H2,1-4H3,(H,46,53)(H,47,54)(H,57,58)(H,59,60)(H,61,62)(H,63,64)/t17-,18-,19?,20-,25+,26+,27+,28+,29?,30-,31?,33-,35?/m1/s1. The quantitative estimate of drug-likeness (QED) is 0.109. The largest absolute Gasteiger partial charge is 0.481 e. The van der Waals surface area contributed by atoms with Crippen molar-refractivity contribution in [2.24, 2.45) is 28.7 Å². The molecule has 2 aromatic rings. The molecule has 0 radical (unpaired) electrons. The van der Waals surface area contributed by atoms with E-state index in [1.54, 1.807) is 19.9 Å². The zero-order chi connectivity index (χ0) is 48.0. The maximum atomic E-state index is 15.1. The van der Waals surface area contributed by atoms with E-state index < -0.39 is 118 Å². The number of aliphatic imine (C=N–C) groups is 1. The molecule has 2 aromatic carbocycles. The number of aliphatic hydroxyl groups is 2. The SMILES string of the molecule is CC(O)C(C(=O)O)C1N=C(C(=O)N2C[C@@H](SC3=C(C(=O)O)N4C(=O)[C@H]([C@@H](C)O)[C@H]4[C@H]3C)C[C@H]2C(=O)Nc2cccc(C(=O)O)c2)C(S[C@@H]2CN[C@H](C(=O)Nc3cccc(C(=O)O)c3)C2)[C@@H]1C. The zero-order valence-corrected chi connectivity index (χ0v) is 37.7. The predicted octanol–water partition coefficient (Wildman–Crippen LogP) is 1.89. The molecule has 0 spiro atoms. The molecule has 66 heavy (non-hydrogen) atoms. The minimum atomic E-state index is -1.43. The molecular formula is C44H50N6O14S2. The van der Waals surface area contributed by atoms with Gasteiger partial charge in [0.15, 0.2) is 0 Å². The maximum absolute atomic E-state index is 15.1. The van der Waals surface area contributed by atoms with Gasteiger partial charge in [0.2, 0.25) is 17.7 Å². The molecule has 5 aliphatic rings. The highest BCUT2D eigenvalue weighted by molar-refractivity contribution is 8.03. The topological polar surface area (TPSA) is 313 Å². The van der Waals surface area contributed by atoms with E-state index in [4.69, 9.17) is 4.99 Å². The molecular weight excluding hydrogens is 901 g/mol. The summed E-state index contributed by atoms with van der Waals surface area (Å²) in [5.74, 6) is -10.9. The first-order valence-electron chi connectivity index (χ1n) is 21.3. The molecule has 20 nitrogen and oxygen atoms in total. The van der Waals surface area contributed by atoms with E-state index in [0.29, 0.717) is 4.91 Å². The van der Waals surface area contributed by atoms with E-state index >= 15 is 4.79 Å². The van der Waals surface area contributed by atoms with Crippen molar-refractivity contribution in [1.82, 2.24) is 15.1 Å². The van der Waals surface area contributed by atoms with Gasteiger partial charge in [0.25, 0.3) is 5.91 Å². The van der Waals surface area contributed by atoms with E-state index in [1.165, 1.54) is 77.9 Å². The summed E-state index contributed by atoms with van der Waals surface area (Å²) in [7, 11) is 0. The van der Waals surface area contributed by atoms with Crippen LogP contribution in [-0.4, -0.2) is 159 Å². The van der Waals surface area contributed by atoms with Crippen LogP contribution in [0.3, 0.4) is 0 Å². The number of aliphatic carboxylic acids is 2. The lowest BCUT2D eigenvalue weighted by Gasteiger charge is -2.46. The lowest BCUT2D eigenvalue weighted by Crippen LogP contribution is -2.63. The molecule has 3 fully saturated rings. The molecule has 0 saturated carbocycles. The second-order valence-electron chi connectivity index (χ2n) is 17.3. The molecule has 5 aliphatic heterocycles. The van der Waals surface area contributed by atoms with Crippen molar-refractivity contribution in [3.63, 3.8) is 0 Å². The van der Waals surface area contributed by atoms with E-state index in [2.05, 4.69) is 16.0 Å². The Labute approximate surface area is 386 Å². The Kier molecular flexibility index (Phi) is 14.0. The molecule has 4 amide bonds. The Morgan fingerprint density at radius 3 is 1.98 bits per heavy atom. The van der Waals surface area contributed by atoms with Gasteiger partial charge in [-0.3, -0.25) is 29.0 Å². The van der Waals surface area contributed by atoms with Crippen molar-refractivity contribution in [1.29, 1.82) is 0 Å². The molecule has 0 aliphatic carbocycles. The number of nitrogens with one attached hydrogen (secondary N) is 3. The van der Waals surface area contributed by atoms with E-state index in [1.807, 2.05) is 0 Å². The summed E-state index contributed by atoms with van der Waals surface area (Å²) in [6.45, 7) is 6.37. The first kappa shape index (κ1) is 48.1. The number of hydrogen-bond acceptors (Lipinski definition) is 14. The number of carboxylic acids is 4. The van der Waals surface area contributed by atoms with Gasteiger partial charge in [-0.05, 0) is 69.0 Å². The summed E-state index contributed by atoms with van der Waals surface area (Å²) < 4.78 is 0. The Hall–Kier alpha value is -5.81. The van der Waals surface area contributed by atoms with E-state index in [-0.39, 0.29) is 65.1 Å². The fraction of sp³-hybridized carbons (Fsp3) is 0.477. The average molecular weight is 951 g/mol. The molecule has 352 valence electrons. The van der Waals surface area contributed by atoms with Crippen LogP contribution in [0.15, 0.2) is 64.1 Å². The summed E-state index contributed by atoms with van der Waals surface area (Å²) in [6.07, 6.45) is -2.21. The minimum absolute atomic E-state index is 0.0174. The average Bonchev–Trinajstić information content (AvgIpc) is 4.02. The summed E-state index contributed by atoms with van der Waals surface area (Å²) in [5.41, 5.74) is -0.0479. The molecule has 9 N–H and O–H groups in total. The number of nitrogens with zero attached hydrogens (tertiary/aromatic N) is 3. The number of anilines is 2. The van der Waals surface area contributed by atoms with Crippen LogP contribution in [0.25, 0.3) is 0 Å². The normalized spacial score (nSPS) is 29.4. The Balaban J connectivity index is 1.18. The number of likely N-dealkylation sites (tertiary alicyclic amines) is 1. The van der Waals surface area contributed by atoms with Crippen LogP contribution in [-0.2, 0) is 28.8 Å². The van der Waals surface area contributed by atoms with Crippen molar-refractivity contribution in [3.05, 3.63) is 70.3 Å². The summed E-state index contributed by atoms with van der Waals surface area (Å²) in [4.78, 5) is 112. The number of carboxylic acid groups (broad SMARTS) is 4. The molecule has 13 atom stereocenters. The second kappa shape index (κ2) is 19.2. The fourth-order valence-electron chi connectivity index (χ4n) is 9.68. The van der Waals surface area contributed by atoms with Gasteiger partial charge in [0.1, 0.15) is 23.4 Å². The van der Waals surface area contributed by atoms with Gasteiger partial charge in [-0.15, -0.1) is 23.5 Å². The Morgan fingerprint density at radius 1 is 0.833 bits per heavy atom. The number of fused-ring (bicyclic) bond motifs is 1. The van der Waals surface area contributed by atoms with Gasteiger partial charge >= 0.3 is 23.9 Å². The third-order valence-electron chi connectivity index (χ3n) is 12.9. The zero-order valence-electron chi connectivity index (χ0n) is 36.1. The van der Waals surface area contributed by atoms with Gasteiger partial charge in [-0.1, -0.05) is 26.0 Å². The number of β-lactam (4-membered cyclic amide) rings is 1. The van der Waals surface area contributed by atoms with Crippen molar-refractivity contribution < 1.29 is 69.0 Å². The number of amides is 4. The maximum Gasteiger partial charge on any atom is 0.353 e. The number of benzene rings is 2. The Bertz CT molecular complexity index is 2430. The van der Waals surface area contributed by atoms with Crippen LogP contribution < -0.4 is 16.0 Å². The second-order valence-corrected chi connectivity index (χ2v) is 20.1. The van der Waals surface area contributed by atoms with E-state index in [9.17, 15) is 64.2 Å². The lowest BCUT2D eigenvalue weighted by atomic mass is 9.79. The van der Waals surface area contributed by atoms with Crippen LogP contribution in [0.2, 0.25) is 0 Å². The van der Waals surface area contributed by atoms with Gasteiger partial charge < -0.3 is 56.4 Å². The van der Waals surface area contributed by atoms with Crippen molar-refractivity contribution in [3.8, 4) is 0 Å². The highest BCUT2D eigenvalue weighted by atomic mass is 32.2. The third-order valence-corrected chi connectivity index (χ3v) is 16.1. The molecule has 5 heterocycles. The third kappa shape index (κ3) is 9.28. The van der Waals surface area contributed by atoms with Gasteiger partial charge in [-0.25, -0.2) is 14.4 Å². The van der Waals surface area contributed by atoms with Crippen molar-refractivity contribution >= 4 is 88.1 Å². The first-order chi connectivity index (χ1) is 31.2. The van der Waals surface area contributed by atoms with Gasteiger partial charge in [-0.2, -0.15) is 0 Å². The highest BCUT2D eigenvalue weighted by Gasteiger charge is 2.61. The monoisotopic (exact) mass is 950 g/mol. The number of thioether (sulfide) groups is 2. The Morgan fingerprint density at radius 2 is 1.44 bits per heavy atom. The van der Waals surface area contributed by atoms with Gasteiger partial charge in [0, 0.05) is 45.8 Å². The lowest BCUT2D eigenvalue weighted by molar-refractivity contribution is -0.163. The number of carbonyl (C=O) groups is 8. The molecule has 3 saturated heterocycles. The predicted molar refractivity (Wildman–Crippen MR) is 240 cm³/mol. The smallest absolute Gasteiger partial charge is 0.353 e. The first-order valence-corrected chi connectivity index (χ1v) is 23.1. The summed E-state index contributed by atoms with van der Waals surface area (Å²) in [6, 6.07) is 7.56. The van der Waals surface area contributed by atoms with E-state index in [0.717, 1.165) is 11.8 Å². The summed E-state index contributed by atoms with van der Waals surface area (Å²) in [5, 5.41) is 67.4. The molecule has 4 unspecified atom stereocenters. The number of aliphatic hydroxyl groups excluding tert-OH is 2. The molecule has 0 bridgehead atoms. The number of carbonyl (C=O) groups excluding carboxylic acids is 4. The van der Waals surface area contributed by atoms with Crippen LogP contribution in [0.4, 0.5) is 11.4 Å². The highest BCUT2D eigenvalue weighted by Crippen LogP contribution is 2.52. The summed E-state index contributed by atoms with van der Waals surface area (Å²) >= 11 is 2.40. The van der Waals surface area contributed by atoms with Crippen LogP contribution >= 0.6 is 23.5 Å². The molecule has 22 heteroatoms. The number of aromatic carboxylic acids is 2. The molecule has 0 aromatic heterocycles. The molecule has 7 rings (SSSR count). The number of rotatable bonds is 16. The fourth-order valence-corrected chi connectivity index (χ4v) is 12.8. The van der Waals surface area contributed by atoms with Crippen LogP contribution in [0, 0.1) is 23.7 Å². The van der Waals surface area contributed by atoms with Crippen LogP contribution in [0.5, 0.6) is 0 Å².